The highest BCUT2D eigenvalue weighted by atomic mass is 79.9. The maximum atomic E-state index is 5.61. The van der Waals surface area contributed by atoms with Gasteiger partial charge in [0.05, 0.1) is 14.6 Å². The number of ether oxygens (including phenoxy) is 1. The van der Waals surface area contributed by atoms with E-state index >= 15 is 0 Å². The third kappa shape index (κ3) is 4.08. The summed E-state index contributed by atoms with van der Waals surface area (Å²) in [5.41, 5.74) is 4.41. The van der Waals surface area contributed by atoms with Gasteiger partial charge in [0.2, 0.25) is 0 Å². The Labute approximate surface area is 148 Å². The molecular formula is C18H17Br2NO. The van der Waals surface area contributed by atoms with Crippen LogP contribution in [0.4, 0.5) is 5.69 Å². The molecule has 0 amide bonds. The minimum Gasteiger partial charge on any atom is -0.487 e. The molecule has 4 heteroatoms. The van der Waals surface area contributed by atoms with Gasteiger partial charge in [0.1, 0.15) is 12.4 Å². The molecule has 0 N–H and O–H groups in total. The number of aryl methyl sites for hydroxylation is 1. The summed E-state index contributed by atoms with van der Waals surface area (Å²) in [6, 6.07) is 10.1. The van der Waals surface area contributed by atoms with E-state index in [0.717, 1.165) is 25.9 Å². The molecule has 114 valence electrons. The molecule has 0 unspecified atom stereocenters. The molecule has 0 atom stereocenters. The van der Waals surface area contributed by atoms with Crippen molar-refractivity contribution in [3.05, 3.63) is 68.6 Å². The van der Waals surface area contributed by atoms with E-state index in [9.17, 15) is 0 Å². The van der Waals surface area contributed by atoms with E-state index in [1.165, 1.54) is 11.1 Å². The molecule has 2 nitrogen and oxygen atoms in total. The molecule has 0 spiro atoms. The SMILES string of the molecule is C=CCOc1c(Br)cc(C=Nc2cccc(C)c2C)cc1Br. The van der Waals surface area contributed by atoms with Crippen molar-refractivity contribution < 1.29 is 4.74 Å². The van der Waals surface area contributed by atoms with Crippen LogP contribution in [0.2, 0.25) is 0 Å². The smallest absolute Gasteiger partial charge is 0.148 e. The molecule has 2 aromatic carbocycles. The van der Waals surface area contributed by atoms with Crippen molar-refractivity contribution in [3.8, 4) is 5.75 Å². The van der Waals surface area contributed by atoms with E-state index in [0.29, 0.717) is 6.61 Å². The lowest BCUT2D eigenvalue weighted by Crippen LogP contribution is -1.96. The Morgan fingerprint density at radius 2 is 1.86 bits per heavy atom. The number of hydrogen-bond acceptors (Lipinski definition) is 2. The molecule has 0 bridgehead atoms. The predicted molar refractivity (Wildman–Crippen MR) is 101 cm³/mol. The summed E-state index contributed by atoms with van der Waals surface area (Å²) in [5, 5.41) is 0. The Bertz CT molecular complexity index is 700. The first-order chi connectivity index (χ1) is 10.5. The van der Waals surface area contributed by atoms with Gasteiger partial charge in [-0.15, -0.1) is 0 Å². The van der Waals surface area contributed by atoms with E-state index in [2.05, 4.69) is 63.3 Å². The lowest BCUT2D eigenvalue weighted by atomic mass is 10.1. The van der Waals surface area contributed by atoms with E-state index in [1.807, 2.05) is 30.5 Å². The van der Waals surface area contributed by atoms with Crippen molar-refractivity contribution >= 4 is 43.8 Å². The second-order valence-electron chi connectivity index (χ2n) is 4.89. The topological polar surface area (TPSA) is 21.6 Å². The number of benzene rings is 2. The molecule has 0 radical (unpaired) electrons. The van der Waals surface area contributed by atoms with Gasteiger partial charge in [-0.25, -0.2) is 0 Å². The molecular weight excluding hydrogens is 406 g/mol. The van der Waals surface area contributed by atoms with Gasteiger partial charge in [0.15, 0.2) is 0 Å². The van der Waals surface area contributed by atoms with Crippen LogP contribution in [0.15, 0.2) is 56.9 Å². The van der Waals surface area contributed by atoms with Crippen LogP contribution in [0.1, 0.15) is 16.7 Å². The summed E-state index contributed by atoms with van der Waals surface area (Å²) >= 11 is 7.06. The van der Waals surface area contributed by atoms with Crippen LogP contribution in [0.5, 0.6) is 5.75 Å². The van der Waals surface area contributed by atoms with Gasteiger partial charge >= 0.3 is 0 Å². The average Bonchev–Trinajstić information content (AvgIpc) is 2.48. The Kier molecular flexibility index (Phi) is 5.98. The molecule has 22 heavy (non-hydrogen) atoms. The van der Waals surface area contributed by atoms with Crippen molar-refractivity contribution in [3.63, 3.8) is 0 Å². The van der Waals surface area contributed by atoms with Gasteiger partial charge in [-0.2, -0.15) is 0 Å². The lowest BCUT2D eigenvalue weighted by Gasteiger charge is -2.09. The van der Waals surface area contributed by atoms with Crippen molar-refractivity contribution in [1.82, 2.24) is 0 Å². The summed E-state index contributed by atoms with van der Waals surface area (Å²) in [5.74, 6) is 0.767. The van der Waals surface area contributed by atoms with Gasteiger partial charge < -0.3 is 4.74 Å². The molecule has 0 aliphatic carbocycles. The maximum absolute atomic E-state index is 5.61. The van der Waals surface area contributed by atoms with Gasteiger partial charge in [-0.1, -0.05) is 24.8 Å². The van der Waals surface area contributed by atoms with Crippen molar-refractivity contribution in [2.45, 2.75) is 13.8 Å². The Hall–Kier alpha value is -1.39. The zero-order valence-corrected chi connectivity index (χ0v) is 15.7. The van der Waals surface area contributed by atoms with Crippen LogP contribution < -0.4 is 4.74 Å². The summed E-state index contributed by atoms with van der Waals surface area (Å²) in [6.45, 7) is 8.29. The molecule has 2 aromatic rings. The zero-order valence-electron chi connectivity index (χ0n) is 12.6. The van der Waals surface area contributed by atoms with Gasteiger partial charge in [-0.3, -0.25) is 4.99 Å². The second kappa shape index (κ2) is 7.75. The average molecular weight is 423 g/mol. The number of aliphatic imine (C=N–C) groups is 1. The normalized spacial score (nSPS) is 10.9. The predicted octanol–water partition coefficient (Wildman–Crippen LogP) is 6.14. The Morgan fingerprint density at radius 1 is 1.18 bits per heavy atom. The van der Waals surface area contributed by atoms with E-state index < -0.39 is 0 Å². The first-order valence-electron chi connectivity index (χ1n) is 6.86. The number of hydrogen-bond donors (Lipinski definition) is 0. The van der Waals surface area contributed by atoms with Crippen LogP contribution in [0.25, 0.3) is 0 Å². The minimum atomic E-state index is 0.465. The third-order valence-electron chi connectivity index (χ3n) is 3.29. The number of rotatable bonds is 5. The molecule has 0 aliphatic heterocycles. The summed E-state index contributed by atoms with van der Waals surface area (Å²) in [4.78, 5) is 4.59. The van der Waals surface area contributed by atoms with E-state index in [4.69, 9.17) is 4.74 Å². The van der Waals surface area contributed by atoms with Crippen LogP contribution in [-0.4, -0.2) is 12.8 Å². The molecule has 0 heterocycles. The highest BCUT2D eigenvalue weighted by Gasteiger charge is 2.08. The molecule has 0 saturated carbocycles. The molecule has 0 fully saturated rings. The highest BCUT2D eigenvalue weighted by molar-refractivity contribution is 9.11. The van der Waals surface area contributed by atoms with Crippen LogP contribution in [0.3, 0.4) is 0 Å². The number of halogens is 2. The first-order valence-corrected chi connectivity index (χ1v) is 8.44. The molecule has 0 aliphatic rings. The van der Waals surface area contributed by atoms with Crippen molar-refractivity contribution in [2.75, 3.05) is 6.61 Å². The fourth-order valence-electron chi connectivity index (χ4n) is 1.95. The van der Waals surface area contributed by atoms with Crippen LogP contribution in [0, 0.1) is 13.8 Å². The Balaban J connectivity index is 2.28. The molecule has 0 aromatic heterocycles. The second-order valence-corrected chi connectivity index (χ2v) is 6.60. The molecule has 0 saturated heterocycles. The zero-order chi connectivity index (χ0) is 16.1. The van der Waals surface area contributed by atoms with Crippen molar-refractivity contribution in [1.29, 1.82) is 0 Å². The summed E-state index contributed by atoms with van der Waals surface area (Å²) in [7, 11) is 0. The maximum Gasteiger partial charge on any atom is 0.148 e. The number of nitrogens with zero attached hydrogens (tertiary/aromatic N) is 1. The van der Waals surface area contributed by atoms with Gasteiger partial charge in [0, 0.05) is 6.21 Å². The monoisotopic (exact) mass is 421 g/mol. The standard InChI is InChI=1S/C18H17Br2NO/c1-4-8-22-18-15(19)9-14(10-16(18)20)11-21-17-7-5-6-12(2)13(17)3/h4-7,9-11H,1,8H2,2-3H3. The van der Waals surface area contributed by atoms with Crippen molar-refractivity contribution in [2.24, 2.45) is 4.99 Å². The summed E-state index contributed by atoms with van der Waals surface area (Å²) in [6.07, 6.45) is 3.57. The fourth-order valence-corrected chi connectivity index (χ4v) is 3.40. The fraction of sp³-hybridized carbons (Fsp3) is 0.167. The first kappa shape index (κ1) is 17.0. The van der Waals surface area contributed by atoms with E-state index in [-0.39, 0.29) is 0 Å². The van der Waals surface area contributed by atoms with E-state index in [1.54, 1.807) is 6.08 Å². The van der Waals surface area contributed by atoms with Gasteiger partial charge in [0.25, 0.3) is 0 Å². The quantitative estimate of drug-likeness (QED) is 0.418. The Morgan fingerprint density at radius 3 is 2.50 bits per heavy atom. The largest absolute Gasteiger partial charge is 0.487 e. The highest BCUT2D eigenvalue weighted by Crippen LogP contribution is 2.34. The molecule has 2 rings (SSSR count). The van der Waals surface area contributed by atoms with Crippen LogP contribution >= 0.6 is 31.9 Å². The lowest BCUT2D eigenvalue weighted by molar-refractivity contribution is 0.358. The minimum absolute atomic E-state index is 0.465. The summed E-state index contributed by atoms with van der Waals surface area (Å²) < 4.78 is 7.37. The van der Waals surface area contributed by atoms with Crippen LogP contribution in [-0.2, 0) is 0 Å². The third-order valence-corrected chi connectivity index (χ3v) is 4.47. The van der Waals surface area contributed by atoms with Gasteiger partial charge in [-0.05, 0) is 80.6 Å².